The summed E-state index contributed by atoms with van der Waals surface area (Å²) in [5.74, 6) is 0.762. The van der Waals surface area contributed by atoms with Crippen molar-refractivity contribution < 1.29 is 5.11 Å². The lowest BCUT2D eigenvalue weighted by Crippen LogP contribution is -2.41. The van der Waals surface area contributed by atoms with Crippen LogP contribution in [-0.2, 0) is 5.60 Å². The summed E-state index contributed by atoms with van der Waals surface area (Å²) in [6.07, 6.45) is 2.50. The molecule has 2 N–H and O–H groups in total. The number of rotatable bonds is 5. The van der Waals surface area contributed by atoms with Gasteiger partial charge in [-0.25, -0.2) is 0 Å². The molecule has 3 heteroatoms. The predicted molar refractivity (Wildman–Crippen MR) is 79.1 cm³/mol. The minimum Gasteiger partial charge on any atom is -0.384 e. The third-order valence-electron chi connectivity index (χ3n) is 4.00. The van der Waals surface area contributed by atoms with Gasteiger partial charge in [0.25, 0.3) is 0 Å². The quantitative estimate of drug-likeness (QED) is 0.850. The molecule has 0 amide bonds. The molecular formula is C16H26N2O. The standard InChI is InChI=1S/C16H26N2O/c1-16(19,15-6-4-3-5-7-15)13-18(2)12-14-8-10-17-11-9-14/h3-7,14,17,19H,8-13H2,1-2H3. The van der Waals surface area contributed by atoms with Crippen molar-refractivity contribution in [1.29, 1.82) is 0 Å². The van der Waals surface area contributed by atoms with Gasteiger partial charge in [0.15, 0.2) is 0 Å². The molecule has 1 unspecified atom stereocenters. The number of hydrogen-bond acceptors (Lipinski definition) is 3. The van der Waals surface area contributed by atoms with Crippen molar-refractivity contribution in [2.75, 3.05) is 33.2 Å². The SMILES string of the molecule is CN(CC1CCNCC1)CC(C)(O)c1ccccc1. The molecule has 0 aromatic heterocycles. The lowest BCUT2D eigenvalue weighted by Gasteiger charge is -2.33. The van der Waals surface area contributed by atoms with Gasteiger partial charge in [-0.2, -0.15) is 0 Å². The first-order valence-electron chi connectivity index (χ1n) is 7.25. The van der Waals surface area contributed by atoms with Crippen LogP contribution < -0.4 is 5.32 Å². The van der Waals surface area contributed by atoms with Gasteiger partial charge in [-0.1, -0.05) is 30.3 Å². The number of aliphatic hydroxyl groups is 1. The fourth-order valence-corrected chi connectivity index (χ4v) is 2.98. The Balaban J connectivity index is 1.88. The molecule has 1 aromatic rings. The Morgan fingerprint density at radius 1 is 1.26 bits per heavy atom. The molecule has 106 valence electrons. The maximum absolute atomic E-state index is 10.6. The summed E-state index contributed by atoms with van der Waals surface area (Å²) in [5.41, 5.74) is 0.218. The smallest absolute Gasteiger partial charge is 0.0994 e. The van der Waals surface area contributed by atoms with Crippen LogP contribution in [-0.4, -0.2) is 43.2 Å². The number of piperidine rings is 1. The van der Waals surface area contributed by atoms with Crippen molar-refractivity contribution in [3.8, 4) is 0 Å². The molecule has 1 aliphatic rings. The average Bonchev–Trinajstić information content (AvgIpc) is 2.40. The van der Waals surface area contributed by atoms with E-state index in [0.717, 1.165) is 31.1 Å². The Bertz CT molecular complexity index is 372. The zero-order chi connectivity index (χ0) is 13.7. The molecule has 1 saturated heterocycles. The van der Waals surface area contributed by atoms with Crippen LogP contribution in [0.4, 0.5) is 0 Å². The molecule has 19 heavy (non-hydrogen) atoms. The van der Waals surface area contributed by atoms with Gasteiger partial charge >= 0.3 is 0 Å². The monoisotopic (exact) mass is 262 g/mol. The van der Waals surface area contributed by atoms with Crippen LogP contribution in [0.15, 0.2) is 30.3 Å². The van der Waals surface area contributed by atoms with E-state index < -0.39 is 5.60 Å². The summed E-state index contributed by atoms with van der Waals surface area (Å²) in [5, 5.41) is 14.0. The van der Waals surface area contributed by atoms with Gasteiger partial charge in [-0.3, -0.25) is 0 Å². The van der Waals surface area contributed by atoms with E-state index >= 15 is 0 Å². The molecule has 0 radical (unpaired) electrons. The number of nitrogens with zero attached hydrogens (tertiary/aromatic N) is 1. The molecule has 0 aliphatic carbocycles. The molecule has 1 heterocycles. The van der Waals surface area contributed by atoms with E-state index in [1.54, 1.807) is 0 Å². The summed E-state index contributed by atoms with van der Waals surface area (Å²) >= 11 is 0. The summed E-state index contributed by atoms with van der Waals surface area (Å²) in [4.78, 5) is 2.27. The highest BCUT2D eigenvalue weighted by molar-refractivity contribution is 5.21. The van der Waals surface area contributed by atoms with Gasteiger partial charge in [0.1, 0.15) is 0 Å². The second kappa shape index (κ2) is 6.51. The zero-order valence-electron chi connectivity index (χ0n) is 12.1. The highest BCUT2D eigenvalue weighted by Gasteiger charge is 2.26. The number of likely N-dealkylation sites (N-methyl/N-ethyl adjacent to an activating group) is 1. The van der Waals surface area contributed by atoms with Crippen molar-refractivity contribution in [3.05, 3.63) is 35.9 Å². The van der Waals surface area contributed by atoms with Crippen LogP contribution in [0.5, 0.6) is 0 Å². The van der Waals surface area contributed by atoms with Crippen molar-refractivity contribution in [1.82, 2.24) is 10.2 Å². The van der Waals surface area contributed by atoms with Crippen molar-refractivity contribution in [3.63, 3.8) is 0 Å². The van der Waals surface area contributed by atoms with E-state index in [0.29, 0.717) is 6.54 Å². The number of benzene rings is 1. The Hall–Kier alpha value is -0.900. The molecule has 1 fully saturated rings. The molecule has 2 rings (SSSR count). The topological polar surface area (TPSA) is 35.5 Å². The predicted octanol–water partition coefficient (Wildman–Crippen LogP) is 1.83. The van der Waals surface area contributed by atoms with E-state index in [4.69, 9.17) is 0 Å². The highest BCUT2D eigenvalue weighted by Crippen LogP contribution is 2.22. The largest absolute Gasteiger partial charge is 0.384 e. The lowest BCUT2D eigenvalue weighted by molar-refractivity contribution is 0.0184. The molecule has 0 bridgehead atoms. The van der Waals surface area contributed by atoms with Crippen LogP contribution in [0.2, 0.25) is 0 Å². The maximum Gasteiger partial charge on any atom is 0.0994 e. The highest BCUT2D eigenvalue weighted by atomic mass is 16.3. The van der Waals surface area contributed by atoms with Crippen LogP contribution in [0.3, 0.4) is 0 Å². The first kappa shape index (κ1) is 14.5. The van der Waals surface area contributed by atoms with Crippen LogP contribution in [0.25, 0.3) is 0 Å². The summed E-state index contributed by atoms with van der Waals surface area (Å²) in [7, 11) is 2.11. The zero-order valence-corrected chi connectivity index (χ0v) is 12.1. The first-order valence-corrected chi connectivity index (χ1v) is 7.25. The molecule has 1 aromatic carbocycles. The third kappa shape index (κ3) is 4.30. The van der Waals surface area contributed by atoms with Crippen molar-refractivity contribution in [2.24, 2.45) is 5.92 Å². The number of nitrogens with one attached hydrogen (secondary N) is 1. The van der Waals surface area contributed by atoms with Gasteiger partial charge in [0.05, 0.1) is 5.60 Å². The normalized spacial score (nSPS) is 20.4. The van der Waals surface area contributed by atoms with Gasteiger partial charge in [0, 0.05) is 13.1 Å². The molecule has 1 aliphatic heterocycles. The fraction of sp³-hybridized carbons (Fsp3) is 0.625. The van der Waals surface area contributed by atoms with E-state index in [1.807, 2.05) is 37.3 Å². The van der Waals surface area contributed by atoms with E-state index in [1.165, 1.54) is 12.8 Å². The van der Waals surface area contributed by atoms with Crippen LogP contribution >= 0.6 is 0 Å². The minimum atomic E-state index is -0.775. The summed E-state index contributed by atoms with van der Waals surface area (Å²) < 4.78 is 0. The van der Waals surface area contributed by atoms with Crippen LogP contribution in [0, 0.1) is 5.92 Å². The van der Waals surface area contributed by atoms with E-state index in [9.17, 15) is 5.11 Å². The van der Waals surface area contributed by atoms with Gasteiger partial charge in [0.2, 0.25) is 0 Å². The molecule has 3 nitrogen and oxygen atoms in total. The fourth-order valence-electron chi connectivity index (χ4n) is 2.98. The Kier molecular flexibility index (Phi) is 4.97. The minimum absolute atomic E-state index is 0.681. The molecule has 0 saturated carbocycles. The summed E-state index contributed by atoms with van der Waals surface area (Å²) in [6, 6.07) is 9.95. The van der Waals surface area contributed by atoms with Crippen LogP contribution in [0.1, 0.15) is 25.3 Å². The van der Waals surface area contributed by atoms with Crippen molar-refractivity contribution in [2.45, 2.75) is 25.4 Å². The number of hydrogen-bond donors (Lipinski definition) is 2. The Morgan fingerprint density at radius 3 is 2.53 bits per heavy atom. The second-order valence-corrected chi connectivity index (χ2v) is 6.03. The second-order valence-electron chi connectivity index (χ2n) is 6.03. The third-order valence-corrected chi connectivity index (χ3v) is 4.00. The molecule has 0 spiro atoms. The maximum atomic E-state index is 10.6. The first-order chi connectivity index (χ1) is 9.08. The van der Waals surface area contributed by atoms with Crippen molar-refractivity contribution >= 4 is 0 Å². The van der Waals surface area contributed by atoms with E-state index in [2.05, 4.69) is 17.3 Å². The van der Waals surface area contributed by atoms with Gasteiger partial charge < -0.3 is 15.3 Å². The molecular weight excluding hydrogens is 236 g/mol. The molecule has 1 atom stereocenters. The Morgan fingerprint density at radius 2 is 1.89 bits per heavy atom. The average molecular weight is 262 g/mol. The Labute approximate surface area is 116 Å². The summed E-state index contributed by atoms with van der Waals surface area (Å²) in [6.45, 7) is 5.92. The van der Waals surface area contributed by atoms with E-state index in [-0.39, 0.29) is 0 Å². The van der Waals surface area contributed by atoms with Gasteiger partial charge in [-0.05, 0) is 51.4 Å². The lowest BCUT2D eigenvalue weighted by atomic mass is 9.94. The van der Waals surface area contributed by atoms with Gasteiger partial charge in [-0.15, -0.1) is 0 Å².